The summed E-state index contributed by atoms with van der Waals surface area (Å²) in [7, 11) is 0. The molecule has 0 spiro atoms. The molecule has 0 unspecified atom stereocenters. The number of aromatic nitrogens is 2. The Morgan fingerprint density at radius 2 is 2.10 bits per heavy atom. The molecule has 0 fully saturated rings. The zero-order valence-electron chi connectivity index (χ0n) is 12.4. The van der Waals surface area contributed by atoms with Crippen molar-refractivity contribution >= 4 is 23.5 Å². The molecule has 1 aliphatic heterocycles. The maximum Gasteiger partial charge on any atom is 0.272 e. The van der Waals surface area contributed by atoms with E-state index in [4.69, 9.17) is 4.98 Å². The molecule has 1 atom stereocenters. The average Bonchev–Trinajstić information content (AvgIpc) is 2.82. The van der Waals surface area contributed by atoms with Crippen LogP contribution < -0.4 is 5.56 Å². The lowest BCUT2D eigenvalue weighted by molar-refractivity contribution is 0.731. The van der Waals surface area contributed by atoms with Crippen LogP contribution >= 0.6 is 23.5 Å². The maximum atomic E-state index is 12.9. The van der Waals surface area contributed by atoms with Gasteiger partial charge in [-0.1, -0.05) is 43.3 Å². The van der Waals surface area contributed by atoms with E-state index in [1.165, 1.54) is 5.56 Å². The molecular formula is C16H18N2OS2. The van der Waals surface area contributed by atoms with Gasteiger partial charge in [-0.15, -0.1) is 11.8 Å². The van der Waals surface area contributed by atoms with E-state index in [1.54, 1.807) is 28.1 Å². The summed E-state index contributed by atoms with van der Waals surface area (Å²) in [6.07, 6.45) is 0.890. The SMILES string of the molecule is CCSc1nc2c(c(=O)n1-c1ccc(C)cc1)S[C@H](C)C2. The molecule has 3 nitrogen and oxygen atoms in total. The highest BCUT2D eigenvalue weighted by atomic mass is 32.2. The first-order valence-electron chi connectivity index (χ1n) is 7.12. The summed E-state index contributed by atoms with van der Waals surface area (Å²) in [4.78, 5) is 18.5. The van der Waals surface area contributed by atoms with Gasteiger partial charge in [0, 0.05) is 11.7 Å². The Balaban J connectivity index is 2.21. The van der Waals surface area contributed by atoms with E-state index < -0.39 is 0 Å². The standard InChI is InChI=1S/C16H18N2OS2/c1-4-20-16-17-13-9-11(3)21-14(13)15(19)18(16)12-7-5-10(2)6-8-12/h5-8,11H,4,9H2,1-3H3/t11-/m1/s1. The number of hydrogen-bond acceptors (Lipinski definition) is 4. The number of fused-ring (bicyclic) bond motifs is 1. The fourth-order valence-corrected chi connectivity index (χ4v) is 4.30. The smallest absolute Gasteiger partial charge is 0.268 e. The highest BCUT2D eigenvalue weighted by Crippen LogP contribution is 2.34. The Morgan fingerprint density at radius 3 is 2.76 bits per heavy atom. The second-order valence-corrected chi connectivity index (χ2v) is 7.89. The lowest BCUT2D eigenvalue weighted by Crippen LogP contribution is -2.23. The molecule has 2 aromatic rings. The Bertz CT molecular complexity index is 722. The van der Waals surface area contributed by atoms with Crippen LogP contribution in [0.3, 0.4) is 0 Å². The van der Waals surface area contributed by atoms with Gasteiger partial charge in [0.05, 0.1) is 16.3 Å². The normalized spacial score (nSPS) is 17.0. The van der Waals surface area contributed by atoms with Gasteiger partial charge in [0.1, 0.15) is 0 Å². The lowest BCUT2D eigenvalue weighted by atomic mass is 10.2. The summed E-state index contributed by atoms with van der Waals surface area (Å²) in [5.41, 5.74) is 3.14. The van der Waals surface area contributed by atoms with Gasteiger partial charge < -0.3 is 0 Å². The predicted molar refractivity (Wildman–Crippen MR) is 90.0 cm³/mol. The van der Waals surface area contributed by atoms with Crippen LogP contribution in [0.4, 0.5) is 0 Å². The number of hydrogen-bond donors (Lipinski definition) is 0. The number of nitrogens with zero attached hydrogens (tertiary/aromatic N) is 2. The minimum absolute atomic E-state index is 0.0779. The Labute approximate surface area is 133 Å². The topological polar surface area (TPSA) is 34.9 Å². The summed E-state index contributed by atoms with van der Waals surface area (Å²) >= 11 is 3.28. The van der Waals surface area contributed by atoms with Crippen molar-refractivity contribution in [2.45, 2.75) is 42.5 Å². The molecule has 110 valence electrons. The average molecular weight is 318 g/mol. The van der Waals surface area contributed by atoms with Gasteiger partial charge >= 0.3 is 0 Å². The van der Waals surface area contributed by atoms with Crippen LogP contribution in [0.1, 0.15) is 25.1 Å². The largest absolute Gasteiger partial charge is 0.272 e. The molecule has 1 aromatic carbocycles. The summed E-state index contributed by atoms with van der Waals surface area (Å²) in [5, 5.41) is 1.24. The molecule has 0 radical (unpaired) electrons. The minimum atomic E-state index is 0.0779. The van der Waals surface area contributed by atoms with Crippen molar-refractivity contribution < 1.29 is 0 Å². The van der Waals surface area contributed by atoms with Gasteiger partial charge in [0.25, 0.3) is 5.56 Å². The van der Waals surface area contributed by atoms with E-state index in [0.29, 0.717) is 5.25 Å². The first kappa shape index (κ1) is 14.7. The van der Waals surface area contributed by atoms with Crippen LogP contribution in [-0.2, 0) is 6.42 Å². The monoisotopic (exact) mass is 318 g/mol. The molecule has 1 aliphatic rings. The van der Waals surface area contributed by atoms with Crippen LogP contribution in [0.15, 0.2) is 39.1 Å². The van der Waals surface area contributed by atoms with Crippen LogP contribution in [0.5, 0.6) is 0 Å². The zero-order valence-corrected chi connectivity index (χ0v) is 14.1. The van der Waals surface area contributed by atoms with Crippen LogP contribution in [0.2, 0.25) is 0 Å². The molecule has 0 aliphatic carbocycles. The minimum Gasteiger partial charge on any atom is -0.268 e. The molecule has 0 amide bonds. The second kappa shape index (κ2) is 5.89. The quantitative estimate of drug-likeness (QED) is 0.638. The third-order valence-corrected chi connectivity index (χ3v) is 5.48. The van der Waals surface area contributed by atoms with E-state index in [2.05, 4.69) is 13.8 Å². The maximum absolute atomic E-state index is 12.9. The van der Waals surface area contributed by atoms with Crippen molar-refractivity contribution in [2.24, 2.45) is 0 Å². The second-order valence-electron chi connectivity index (χ2n) is 5.21. The van der Waals surface area contributed by atoms with Crippen molar-refractivity contribution in [1.29, 1.82) is 0 Å². The van der Waals surface area contributed by atoms with Gasteiger partial charge in [0.2, 0.25) is 0 Å². The van der Waals surface area contributed by atoms with Gasteiger partial charge in [-0.2, -0.15) is 0 Å². The highest BCUT2D eigenvalue weighted by molar-refractivity contribution is 8.00. The van der Waals surface area contributed by atoms with E-state index in [0.717, 1.165) is 33.6 Å². The van der Waals surface area contributed by atoms with Crippen LogP contribution in [-0.4, -0.2) is 20.6 Å². The molecule has 0 N–H and O–H groups in total. The molecule has 5 heteroatoms. The molecule has 0 saturated heterocycles. The molecule has 0 bridgehead atoms. The van der Waals surface area contributed by atoms with E-state index in [-0.39, 0.29) is 5.56 Å². The zero-order chi connectivity index (χ0) is 15.0. The van der Waals surface area contributed by atoms with Gasteiger partial charge in [0.15, 0.2) is 5.16 Å². The highest BCUT2D eigenvalue weighted by Gasteiger charge is 2.26. The summed E-state index contributed by atoms with van der Waals surface area (Å²) < 4.78 is 1.76. The Morgan fingerprint density at radius 1 is 1.38 bits per heavy atom. The van der Waals surface area contributed by atoms with Crippen molar-refractivity contribution in [1.82, 2.24) is 9.55 Å². The van der Waals surface area contributed by atoms with Crippen molar-refractivity contribution in [3.8, 4) is 5.69 Å². The van der Waals surface area contributed by atoms with Crippen molar-refractivity contribution in [3.63, 3.8) is 0 Å². The third kappa shape index (κ3) is 2.77. The fourth-order valence-electron chi connectivity index (χ4n) is 2.45. The number of rotatable bonds is 3. The van der Waals surface area contributed by atoms with Crippen molar-refractivity contribution in [2.75, 3.05) is 5.75 Å². The van der Waals surface area contributed by atoms with Gasteiger partial charge in [-0.05, 0) is 24.8 Å². The summed E-state index contributed by atoms with van der Waals surface area (Å²) in [5.74, 6) is 0.903. The predicted octanol–water partition coefficient (Wildman–Crippen LogP) is 3.69. The first-order valence-corrected chi connectivity index (χ1v) is 8.99. The lowest BCUT2D eigenvalue weighted by Gasteiger charge is -2.13. The molecule has 1 aromatic heterocycles. The number of thioether (sulfide) groups is 2. The number of benzene rings is 1. The van der Waals surface area contributed by atoms with Crippen molar-refractivity contribution in [3.05, 3.63) is 45.9 Å². The molecule has 0 saturated carbocycles. The molecule has 2 heterocycles. The first-order chi connectivity index (χ1) is 10.1. The van der Waals surface area contributed by atoms with Crippen LogP contribution in [0.25, 0.3) is 5.69 Å². The molecule has 3 rings (SSSR count). The third-order valence-electron chi connectivity index (χ3n) is 3.45. The molecular weight excluding hydrogens is 300 g/mol. The summed E-state index contributed by atoms with van der Waals surface area (Å²) in [6, 6.07) is 8.05. The summed E-state index contributed by atoms with van der Waals surface area (Å²) in [6.45, 7) is 6.28. The fraction of sp³-hybridized carbons (Fsp3) is 0.375. The number of aryl methyl sites for hydroxylation is 1. The van der Waals surface area contributed by atoms with Gasteiger partial charge in [-0.25, -0.2) is 4.98 Å². The van der Waals surface area contributed by atoms with E-state index >= 15 is 0 Å². The van der Waals surface area contributed by atoms with E-state index in [1.807, 2.05) is 31.2 Å². The van der Waals surface area contributed by atoms with Crippen LogP contribution in [0, 0.1) is 6.92 Å². The Hall–Kier alpha value is -1.20. The van der Waals surface area contributed by atoms with E-state index in [9.17, 15) is 4.79 Å². The Kier molecular flexibility index (Phi) is 4.13. The molecule has 21 heavy (non-hydrogen) atoms. The van der Waals surface area contributed by atoms with Gasteiger partial charge in [-0.3, -0.25) is 9.36 Å².